The van der Waals surface area contributed by atoms with Crippen LogP contribution < -0.4 is 10.1 Å². The van der Waals surface area contributed by atoms with Crippen LogP contribution in [0.4, 0.5) is 17.2 Å². The number of non-ortho nitro benzene ring substituents is 1. The number of hydrogen-bond donors (Lipinski definition) is 1. The minimum atomic E-state index is -0.662. The Morgan fingerprint density at radius 1 is 1.36 bits per heavy atom. The third-order valence-corrected chi connectivity index (χ3v) is 4.18. The van der Waals surface area contributed by atoms with E-state index in [9.17, 15) is 25.0 Å². The summed E-state index contributed by atoms with van der Waals surface area (Å²) in [5.74, 6) is -0.801. The lowest BCUT2D eigenvalue weighted by Crippen LogP contribution is -2.20. The van der Waals surface area contributed by atoms with E-state index in [0.29, 0.717) is 5.69 Å². The van der Waals surface area contributed by atoms with Crippen LogP contribution >= 0.6 is 15.9 Å². The number of hydrogen-bond acceptors (Lipinski definition) is 7. The lowest BCUT2D eigenvalue weighted by atomic mass is 10.2. The van der Waals surface area contributed by atoms with Crippen molar-refractivity contribution in [3.8, 4) is 5.75 Å². The van der Waals surface area contributed by atoms with Crippen LogP contribution in [0.3, 0.4) is 0 Å². The van der Waals surface area contributed by atoms with Crippen molar-refractivity contribution in [1.82, 2.24) is 9.78 Å². The lowest BCUT2D eigenvalue weighted by molar-refractivity contribution is -0.390. The fourth-order valence-corrected chi connectivity index (χ4v) is 2.43. The molecule has 1 amide bonds. The monoisotopic (exact) mass is 413 g/mol. The first-order chi connectivity index (χ1) is 11.7. The van der Waals surface area contributed by atoms with Gasteiger partial charge in [-0.2, -0.15) is 4.68 Å². The van der Waals surface area contributed by atoms with Gasteiger partial charge in [0.25, 0.3) is 5.69 Å². The molecule has 0 spiro atoms. The molecule has 0 atom stereocenters. The van der Waals surface area contributed by atoms with Crippen molar-refractivity contribution < 1.29 is 19.4 Å². The van der Waals surface area contributed by atoms with Gasteiger partial charge in [-0.3, -0.25) is 14.9 Å². The van der Waals surface area contributed by atoms with Crippen molar-refractivity contribution in [3.05, 3.63) is 48.6 Å². The zero-order chi connectivity index (χ0) is 18.7. The average Bonchev–Trinajstić information content (AvgIpc) is 2.83. The van der Waals surface area contributed by atoms with Gasteiger partial charge in [0.15, 0.2) is 0 Å². The van der Waals surface area contributed by atoms with Gasteiger partial charge in [0.2, 0.25) is 5.91 Å². The topological polar surface area (TPSA) is 142 Å². The van der Waals surface area contributed by atoms with Gasteiger partial charge in [0.05, 0.1) is 34.6 Å². The second kappa shape index (κ2) is 7.25. The van der Waals surface area contributed by atoms with Gasteiger partial charge in [0.1, 0.15) is 16.8 Å². The maximum absolute atomic E-state index is 12.2. The minimum Gasteiger partial charge on any atom is -0.494 e. The summed E-state index contributed by atoms with van der Waals surface area (Å²) < 4.78 is 6.40. The van der Waals surface area contributed by atoms with Gasteiger partial charge in [-0.05, 0) is 33.8 Å². The smallest absolute Gasteiger partial charge is 0.404 e. The fourth-order valence-electron chi connectivity index (χ4n) is 2.00. The summed E-state index contributed by atoms with van der Waals surface area (Å²) >= 11 is 3.06. The Kier molecular flexibility index (Phi) is 5.32. The van der Waals surface area contributed by atoms with E-state index in [-0.39, 0.29) is 28.1 Å². The number of aromatic nitrogens is 2. The third-order valence-electron chi connectivity index (χ3n) is 3.25. The zero-order valence-electron chi connectivity index (χ0n) is 13.1. The first-order valence-electron chi connectivity index (χ1n) is 6.74. The average molecular weight is 414 g/mol. The Labute approximate surface area is 149 Å². The van der Waals surface area contributed by atoms with Gasteiger partial charge in [-0.25, -0.2) is 0 Å². The maximum Gasteiger partial charge on any atom is 0.404 e. The Morgan fingerprint density at radius 2 is 2.04 bits per heavy atom. The lowest BCUT2D eigenvalue weighted by Gasteiger charge is -2.09. The number of carbonyl (C=O) groups excluding carboxylic acids is 1. The van der Waals surface area contributed by atoms with Crippen molar-refractivity contribution in [1.29, 1.82) is 0 Å². The van der Waals surface area contributed by atoms with Crippen LogP contribution in [0.5, 0.6) is 5.75 Å². The highest BCUT2D eigenvalue weighted by atomic mass is 79.9. The van der Waals surface area contributed by atoms with Crippen LogP contribution in [0.2, 0.25) is 0 Å². The highest BCUT2D eigenvalue weighted by molar-refractivity contribution is 9.10. The second-order valence-electron chi connectivity index (χ2n) is 4.83. The number of nitro groups is 2. The second-order valence-corrected chi connectivity index (χ2v) is 5.62. The van der Waals surface area contributed by atoms with Crippen molar-refractivity contribution in [2.75, 3.05) is 12.4 Å². The Hall–Kier alpha value is -3.02. The molecular formula is C13H12BrN5O6. The number of amides is 1. The molecule has 2 rings (SSSR count). The molecule has 11 nitrogen and oxygen atoms in total. The molecule has 25 heavy (non-hydrogen) atoms. The number of nitrogens with one attached hydrogen (secondary N) is 1. The summed E-state index contributed by atoms with van der Waals surface area (Å²) in [6.07, 6.45) is 0. The molecule has 0 radical (unpaired) electrons. The standard InChI is InChI=1S/C13H12BrN5O6/c1-7-12(14)13(19(23)24)16-17(7)6-11(20)15-9-4-3-8(18(21)22)5-10(9)25-2/h3-5H,6H2,1-2H3,(H,15,20). The first-order valence-corrected chi connectivity index (χ1v) is 7.53. The molecule has 12 heteroatoms. The molecule has 0 aliphatic heterocycles. The summed E-state index contributed by atoms with van der Waals surface area (Å²) in [5.41, 5.74) is 0.464. The summed E-state index contributed by atoms with van der Waals surface area (Å²) in [7, 11) is 1.31. The van der Waals surface area contributed by atoms with E-state index in [0.717, 1.165) is 0 Å². The number of nitrogens with zero attached hydrogens (tertiary/aromatic N) is 4. The van der Waals surface area contributed by atoms with Crippen LogP contribution in [0.1, 0.15) is 5.69 Å². The number of nitro benzene ring substituents is 1. The van der Waals surface area contributed by atoms with E-state index >= 15 is 0 Å². The van der Waals surface area contributed by atoms with Gasteiger partial charge in [0, 0.05) is 6.07 Å². The van der Waals surface area contributed by atoms with E-state index in [2.05, 4.69) is 26.3 Å². The predicted molar refractivity (Wildman–Crippen MR) is 89.6 cm³/mol. The Bertz CT molecular complexity index is 865. The molecule has 0 fully saturated rings. The molecular weight excluding hydrogens is 402 g/mol. The van der Waals surface area contributed by atoms with Crippen LogP contribution in [-0.2, 0) is 11.3 Å². The molecule has 0 aliphatic carbocycles. The molecule has 132 valence electrons. The minimum absolute atomic E-state index is 0.117. The largest absolute Gasteiger partial charge is 0.494 e. The quantitative estimate of drug-likeness (QED) is 0.565. The number of benzene rings is 1. The molecule has 1 aromatic heterocycles. The molecule has 2 aromatic rings. The molecule has 1 heterocycles. The summed E-state index contributed by atoms with van der Waals surface area (Å²) in [6, 6.07) is 3.73. The van der Waals surface area contributed by atoms with Crippen LogP contribution in [-0.4, -0.2) is 32.6 Å². The number of ether oxygens (including phenoxy) is 1. The fraction of sp³-hybridized carbons (Fsp3) is 0.231. The molecule has 1 N–H and O–H groups in total. The Morgan fingerprint density at radius 3 is 2.56 bits per heavy atom. The molecule has 0 bridgehead atoms. The van der Waals surface area contributed by atoms with E-state index in [1.54, 1.807) is 6.92 Å². The SMILES string of the molecule is COc1cc([N+](=O)[O-])ccc1NC(=O)Cn1nc([N+](=O)[O-])c(Br)c1C. The van der Waals surface area contributed by atoms with Crippen LogP contribution in [0.25, 0.3) is 0 Å². The number of methoxy groups -OCH3 is 1. The van der Waals surface area contributed by atoms with Crippen molar-refractivity contribution in [2.24, 2.45) is 0 Å². The van der Waals surface area contributed by atoms with Gasteiger partial charge >= 0.3 is 5.82 Å². The van der Waals surface area contributed by atoms with Gasteiger partial charge in [-0.15, -0.1) is 0 Å². The van der Waals surface area contributed by atoms with Crippen LogP contribution in [0.15, 0.2) is 22.7 Å². The number of halogens is 1. The molecule has 0 unspecified atom stereocenters. The van der Waals surface area contributed by atoms with Crippen molar-refractivity contribution >= 4 is 39.0 Å². The molecule has 0 aliphatic rings. The summed E-state index contributed by atoms with van der Waals surface area (Å²) in [5, 5.41) is 27.9. The highest BCUT2D eigenvalue weighted by Gasteiger charge is 2.25. The number of rotatable bonds is 6. The molecule has 1 aromatic carbocycles. The molecule has 0 saturated carbocycles. The van der Waals surface area contributed by atoms with E-state index in [4.69, 9.17) is 4.74 Å². The number of anilines is 1. The summed E-state index contributed by atoms with van der Waals surface area (Å²) in [6.45, 7) is 1.29. The predicted octanol–water partition coefficient (Wildman–Crippen LogP) is 2.42. The van der Waals surface area contributed by atoms with Crippen molar-refractivity contribution in [3.63, 3.8) is 0 Å². The Balaban J connectivity index is 2.20. The van der Waals surface area contributed by atoms with E-state index in [1.807, 2.05) is 0 Å². The zero-order valence-corrected chi connectivity index (χ0v) is 14.6. The maximum atomic E-state index is 12.2. The molecule has 0 saturated heterocycles. The van der Waals surface area contributed by atoms with Crippen LogP contribution in [0, 0.1) is 27.2 Å². The van der Waals surface area contributed by atoms with E-state index < -0.39 is 21.6 Å². The van der Waals surface area contributed by atoms with E-state index in [1.165, 1.54) is 30.0 Å². The highest BCUT2D eigenvalue weighted by Crippen LogP contribution is 2.29. The number of carbonyl (C=O) groups is 1. The van der Waals surface area contributed by atoms with Gasteiger partial charge < -0.3 is 20.2 Å². The third kappa shape index (κ3) is 3.91. The van der Waals surface area contributed by atoms with Gasteiger partial charge in [-0.1, -0.05) is 0 Å². The summed E-state index contributed by atoms with van der Waals surface area (Å²) in [4.78, 5) is 32.5. The van der Waals surface area contributed by atoms with Crippen molar-refractivity contribution in [2.45, 2.75) is 13.5 Å². The first kappa shape index (κ1) is 18.3. The normalized spacial score (nSPS) is 10.4.